The van der Waals surface area contributed by atoms with Crippen LogP contribution in [0.2, 0.25) is 5.02 Å². The molecule has 4 nitrogen and oxygen atoms in total. The van der Waals surface area contributed by atoms with Gasteiger partial charge in [0.2, 0.25) is 10.0 Å². The lowest BCUT2D eigenvalue weighted by Crippen LogP contribution is -2.27. The van der Waals surface area contributed by atoms with E-state index in [0.29, 0.717) is 25.1 Å². The molecular formula is C14H22ClFN2O2S. The fourth-order valence-corrected chi connectivity index (χ4v) is 3.01. The molecule has 0 fully saturated rings. The normalized spacial score (nSPS) is 12.7. The van der Waals surface area contributed by atoms with Crippen molar-refractivity contribution < 1.29 is 12.8 Å². The van der Waals surface area contributed by atoms with E-state index in [-0.39, 0.29) is 15.3 Å². The van der Waals surface area contributed by atoms with Crippen molar-refractivity contribution in [3.05, 3.63) is 28.5 Å². The van der Waals surface area contributed by atoms with Gasteiger partial charge >= 0.3 is 0 Å². The molecule has 1 rings (SSSR count). The maximum Gasteiger partial charge on any atom is 0.240 e. The van der Waals surface area contributed by atoms with E-state index in [9.17, 15) is 12.8 Å². The number of benzene rings is 1. The number of halogens is 2. The first-order valence-electron chi connectivity index (χ1n) is 6.69. The molecule has 0 bridgehead atoms. The van der Waals surface area contributed by atoms with Crippen molar-refractivity contribution in [2.24, 2.45) is 5.41 Å². The van der Waals surface area contributed by atoms with Crippen molar-refractivity contribution in [2.45, 2.75) is 38.6 Å². The summed E-state index contributed by atoms with van der Waals surface area (Å²) in [5, 5.41) is 2.77. The first-order chi connectivity index (χ1) is 9.57. The molecular weight excluding hydrogens is 315 g/mol. The van der Waals surface area contributed by atoms with E-state index in [0.717, 1.165) is 6.07 Å². The molecule has 1 aromatic carbocycles. The van der Waals surface area contributed by atoms with Gasteiger partial charge in [0.25, 0.3) is 0 Å². The second-order valence-electron chi connectivity index (χ2n) is 6.12. The van der Waals surface area contributed by atoms with Crippen LogP contribution in [0.5, 0.6) is 0 Å². The van der Waals surface area contributed by atoms with Crippen molar-refractivity contribution in [1.29, 1.82) is 0 Å². The third-order valence-electron chi connectivity index (χ3n) is 2.92. The molecule has 0 aliphatic heterocycles. The average Bonchev–Trinajstić information content (AvgIpc) is 2.32. The lowest BCUT2D eigenvalue weighted by molar-refractivity contribution is 0.378. The first-order valence-corrected chi connectivity index (χ1v) is 8.55. The van der Waals surface area contributed by atoms with Gasteiger partial charge in [-0.1, -0.05) is 32.4 Å². The van der Waals surface area contributed by atoms with Gasteiger partial charge in [0.05, 0.1) is 9.92 Å². The summed E-state index contributed by atoms with van der Waals surface area (Å²) >= 11 is 5.83. The van der Waals surface area contributed by atoms with Gasteiger partial charge in [-0.15, -0.1) is 0 Å². The second kappa shape index (κ2) is 7.05. The minimum absolute atomic E-state index is 0.0189. The Bertz CT molecular complexity index is 598. The lowest BCUT2D eigenvalue weighted by Gasteiger charge is -2.18. The van der Waals surface area contributed by atoms with Crippen LogP contribution >= 0.6 is 11.6 Å². The number of sulfonamides is 1. The highest BCUT2D eigenvalue weighted by molar-refractivity contribution is 7.89. The van der Waals surface area contributed by atoms with Crippen molar-refractivity contribution in [1.82, 2.24) is 10.0 Å². The maximum atomic E-state index is 13.8. The molecule has 0 radical (unpaired) electrons. The van der Waals surface area contributed by atoms with Gasteiger partial charge in [0, 0.05) is 13.1 Å². The highest BCUT2D eigenvalue weighted by Gasteiger charge is 2.19. The Kier molecular flexibility index (Phi) is 6.16. The molecule has 0 aliphatic rings. The standard InChI is InChI=1S/C14H22ClFN2O2S/c1-14(2,3)5-6-18-21(19,20)11-7-10(9-17-4)13(15)12(16)8-11/h7-8,17-18H,5-6,9H2,1-4H3. The zero-order valence-electron chi connectivity index (χ0n) is 12.8. The Balaban J connectivity index is 2.98. The van der Waals surface area contributed by atoms with Gasteiger partial charge in [-0.05, 0) is 36.6 Å². The molecule has 0 saturated carbocycles. The first kappa shape index (κ1) is 18.4. The van der Waals surface area contributed by atoms with E-state index in [2.05, 4.69) is 10.0 Å². The van der Waals surface area contributed by atoms with E-state index in [1.807, 2.05) is 20.8 Å². The molecule has 2 N–H and O–H groups in total. The minimum Gasteiger partial charge on any atom is -0.316 e. The summed E-state index contributed by atoms with van der Waals surface area (Å²) in [5.41, 5.74) is 0.431. The molecule has 0 aromatic heterocycles. The fourth-order valence-electron chi connectivity index (χ4n) is 1.74. The summed E-state index contributed by atoms with van der Waals surface area (Å²) in [7, 11) is -2.06. The third kappa shape index (κ3) is 5.54. The van der Waals surface area contributed by atoms with Crippen molar-refractivity contribution in [3.63, 3.8) is 0 Å². The molecule has 7 heteroatoms. The van der Waals surface area contributed by atoms with E-state index >= 15 is 0 Å². The smallest absolute Gasteiger partial charge is 0.240 e. The van der Waals surface area contributed by atoms with Crippen LogP contribution in [-0.2, 0) is 16.6 Å². The van der Waals surface area contributed by atoms with Gasteiger partial charge in [-0.25, -0.2) is 17.5 Å². The molecule has 120 valence electrons. The molecule has 0 aliphatic carbocycles. The molecule has 0 atom stereocenters. The Morgan fingerprint density at radius 2 is 1.90 bits per heavy atom. The van der Waals surface area contributed by atoms with Gasteiger partial charge in [-0.3, -0.25) is 0 Å². The second-order valence-corrected chi connectivity index (χ2v) is 8.26. The summed E-state index contributed by atoms with van der Waals surface area (Å²) in [5.74, 6) is -0.736. The van der Waals surface area contributed by atoms with Crippen LogP contribution in [-0.4, -0.2) is 22.0 Å². The van der Waals surface area contributed by atoms with Crippen LogP contribution in [0, 0.1) is 11.2 Å². The Morgan fingerprint density at radius 3 is 2.43 bits per heavy atom. The molecule has 0 amide bonds. The van der Waals surface area contributed by atoms with Crippen LogP contribution in [0.3, 0.4) is 0 Å². The summed E-state index contributed by atoms with van der Waals surface area (Å²) in [6.45, 7) is 6.66. The fraction of sp³-hybridized carbons (Fsp3) is 0.571. The number of hydrogen-bond acceptors (Lipinski definition) is 3. The van der Waals surface area contributed by atoms with Crippen LogP contribution in [0.4, 0.5) is 4.39 Å². The summed E-state index contributed by atoms with van der Waals surface area (Å²) in [6, 6.07) is 2.34. The SMILES string of the molecule is CNCc1cc(S(=O)(=O)NCCC(C)(C)C)cc(F)c1Cl. The monoisotopic (exact) mass is 336 g/mol. The molecule has 0 heterocycles. The van der Waals surface area contributed by atoms with Crippen LogP contribution in [0.25, 0.3) is 0 Å². The third-order valence-corrected chi connectivity index (χ3v) is 4.79. The largest absolute Gasteiger partial charge is 0.316 e. The topological polar surface area (TPSA) is 58.2 Å². The van der Waals surface area contributed by atoms with Gasteiger partial charge in [0.1, 0.15) is 5.82 Å². The van der Waals surface area contributed by atoms with E-state index in [1.54, 1.807) is 7.05 Å². The number of nitrogens with one attached hydrogen (secondary N) is 2. The van der Waals surface area contributed by atoms with Gasteiger partial charge in [0.15, 0.2) is 0 Å². The van der Waals surface area contributed by atoms with E-state index < -0.39 is 15.8 Å². The Morgan fingerprint density at radius 1 is 1.29 bits per heavy atom. The summed E-state index contributed by atoms with van der Waals surface area (Å²) < 4.78 is 40.6. The van der Waals surface area contributed by atoms with Crippen molar-refractivity contribution in [3.8, 4) is 0 Å². The lowest BCUT2D eigenvalue weighted by atomic mass is 9.93. The van der Waals surface area contributed by atoms with Crippen LogP contribution in [0.15, 0.2) is 17.0 Å². The molecule has 0 unspecified atom stereocenters. The van der Waals surface area contributed by atoms with Crippen LogP contribution < -0.4 is 10.0 Å². The minimum atomic E-state index is -3.74. The van der Waals surface area contributed by atoms with Crippen molar-refractivity contribution in [2.75, 3.05) is 13.6 Å². The zero-order valence-corrected chi connectivity index (χ0v) is 14.3. The number of rotatable bonds is 6. The van der Waals surface area contributed by atoms with Gasteiger partial charge in [-0.2, -0.15) is 0 Å². The summed E-state index contributed by atoms with van der Waals surface area (Å²) in [6.07, 6.45) is 0.686. The molecule has 21 heavy (non-hydrogen) atoms. The predicted octanol–water partition coefficient (Wildman–Crippen LogP) is 2.91. The van der Waals surface area contributed by atoms with Gasteiger partial charge < -0.3 is 5.32 Å². The highest BCUT2D eigenvalue weighted by Crippen LogP contribution is 2.24. The Labute approximate surface area is 131 Å². The molecule has 0 saturated heterocycles. The predicted molar refractivity (Wildman–Crippen MR) is 83.4 cm³/mol. The molecule has 1 aromatic rings. The maximum absolute atomic E-state index is 13.8. The zero-order chi connectivity index (χ0) is 16.3. The Hall–Kier alpha value is -0.690. The average molecular weight is 337 g/mol. The summed E-state index contributed by atoms with van der Waals surface area (Å²) in [4.78, 5) is -0.108. The number of hydrogen-bond donors (Lipinski definition) is 2. The quantitative estimate of drug-likeness (QED) is 0.839. The van der Waals surface area contributed by atoms with E-state index in [1.165, 1.54) is 6.07 Å². The van der Waals surface area contributed by atoms with Crippen molar-refractivity contribution >= 4 is 21.6 Å². The van der Waals surface area contributed by atoms with Crippen LogP contribution in [0.1, 0.15) is 32.8 Å². The highest BCUT2D eigenvalue weighted by atomic mass is 35.5. The van der Waals surface area contributed by atoms with E-state index in [4.69, 9.17) is 11.6 Å². The molecule has 0 spiro atoms.